The highest BCUT2D eigenvalue weighted by atomic mass is 32.2. The maximum atomic E-state index is 12.6. The number of piperidine rings is 1. The molecule has 2 fully saturated rings. The van der Waals surface area contributed by atoms with Crippen molar-refractivity contribution in [3.05, 3.63) is 0 Å². The summed E-state index contributed by atoms with van der Waals surface area (Å²) < 4.78 is 50.8. The molecule has 0 amide bonds. The second-order valence-corrected chi connectivity index (χ2v) is 9.31. The number of rotatable bonds is 3. The SMILES string of the molecule is NS(=O)(=O)C1CCCN(S(=O)(=O)N2CCCCCC2)C1. The van der Waals surface area contributed by atoms with Crippen molar-refractivity contribution in [1.82, 2.24) is 8.61 Å². The Morgan fingerprint density at radius 1 is 0.800 bits per heavy atom. The van der Waals surface area contributed by atoms with Crippen LogP contribution in [0.5, 0.6) is 0 Å². The molecule has 1 atom stereocenters. The van der Waals surface area contributed by atoms with E-state index in [4.69, 9.17) is 5.14 Å². The first kappa shape index (κ1) is 16.2. The molecule has 1 unspecified atom stereocenters. The molecule has 0 bridgehead atoms. The fourth-order valence-electron chi connectivity index (χ4n) is 2.82. The Hall–Kier alpha value is -0.220. The molecule has 0 saturated carbocycles. The van der Waals surface area contributed by atoms with Gasteiger partial charge in [0.25, 0.3) is 10.2 Å². The van der Waals surface area contributed by atoms with Crippen LogP contribution in [0.4, 0.5) is 0 Å². The molecule has 7 nitrogen and oxygen atoms in total. The van der Waals surface area contributed by atoms with Gasteiger partial charge in [-0.25, -0.2) is 13.6 Å². The fraction of sp³-hybridized carbons (Fsp3) is 1.00. The lowest BCUT2D eigenvalue weighted by Crippen LogP contribution is -2.51. The molecule has 20 heavy (non-hydrogen) atoms. The lowest BCUT2D eigenvalue weighted by Gasteiger charge is -2.34. The summed E-state index contributed by atoms with van der Waals surface area (Å²) in [5.41, 5.74) is 0. The first-order valence-corrected chi connectivity index (χ1v) is 10.1. The molecule has 0 radical (unpaired) electrons. The minimum Gasteiger partial charge on any atom is -0.228 e. The topological polar surface area (TPSA) is 101 Å². The van der Waals surface area contributed by atoms with Crippen molar-refractivity contribution >= 4 is 20.2 Å². The Morgan fingerprint density at radius 3 is 1.90 bits per heavy atom. The summed E-state index contributed by atoms with van der Waals surface area (Å²) in [5, 5.41) is 4.38. The number of nitrogens with zero attached hydrogens (tertiary/aromatic N) is 2. The van der Waals surface area contributed by atoms with E-state index in [1.165, 1.54) is 8.61 Å². The van der Waals surface area contributed by atoms with Crippen molar-refractivity contribution in [1.29, 1.82) is 0 Å². The smallest absolute Gasteiger partial charge is 0.228 e. The van der Waals surface area contributed by atoms with Crippen LogP contribution in [-0.4, -0.2) is 56.9 Å². The molecule has 2 N–H and O–H groups in total. The average Bonchev–Trinajstić information content (AvgIpc) is 2.67. The summed E-state index contributed by atoms with van der Waals surface area (Å²) in [4.78, 5) is 0. The number of hydrogen-bond donors (Lipinski definition) is 1. The third-order valence-corrected chi connectivity index (χ3v) is 7.34. The summed E-state index contributed by atoms with van der Waals surface area (Å²) in [7, 11) is -7.24. The minimum atomic E-state index is -3.68. The van der Waals surface area contributed by atoms with Gasteiger partial charge >= 0.3 is 0 Å². The van der Waals surface area contributed by atoms with Crippen molar-refractivity contribution in [3.63, 3.8) is 0 Å². The molecule has 0 aromatic heterocycles. The molecule has 2 heterocycles. The predicted molar refractivity (Wildman–Crippen MR) is 76.7 cm³/mol. The van der Waals surface area contributed by atoms with Gasteiger partial charge in [0, 0.05) is 26.2 Å². The van der Waals surface area contributed by atoms with Gasteiger partial charge in [-0.1, -0.05) is 12.8 Å². The molecule has 2 aliphatic rings. The lowest BCUT2D eigenvalue weighted by atomic mass is 10.2. The summed E-state index contributed by atoms with van der Waals surface area (Å²) in [6, 6.07) is 0. The average molecular weight is 325 g/mol. The highest BCUT2D eigenvalue weighted by Crippen LogP contribution is 2.22. The van der Waals surface area contributed by atoms with Crippen LogP contribution in [0.3, 0.4) is 0 Å². The monoisotopic (exact) mass is 325 g/mol. The van der Waals surface area contributed by atoms with Gasteiger partial charge in [0.15, 0.2) is 0 Å². The van der Waals surface area contributed by atoms with Crippen molar-refractivity contribution in [2.45, 2.75) is 43.8 Å². The van der Waals surface area contributed by atoms with Crippen molar-refractivity contribution in [2.75, 3.05) is 26.2 Å². The molecule has 0 aromatic rings. The van der Waals surface area contributed by atoms with Gasteiger partial charge in [-0.2, -0.15) is 17.0 Å². The van der Waals surface area contributed by atoms with E-state index in [2.05, 4.69) is 0 Å². The zero-order valence-corrected chi connectivity index (χ0v) is 13.2. The maximum Gasteiger partial charge on any atom is 0.282 e. The Labute approximate surface area is 121 Å². The van der Waals surface area contributed by atoms with Crippen LogP contribution in [0.15, 0.2) is 0 Å². The number of primary sulfonamides is 1. The quantitative estimate of drug-likeness (QED) is 0.780. The molecular formula is C11H23N3O4S2. The summed E-state index contributed by atoms with van der Waals surface area (Å²) in [6.07, 6.45) is 4.80. The lowest BCUT2D eigenvalue weighted by molar-refractivity contribution is 0.305. The second kappa shape index (κ2) is 6.27. The highest BCUT2D eigenvalue weighted by Gasteiger charge is 2.37. The number of sulfonamides is 1. The van der Waals surface area contributed by atoms with Crippen LogP contribution in [0.25, 0.3) is 0 Å². The molecule has 0 aliphatic carbocycles. The fourth-order valence-corrected chi connectivity index (χ4v) is 5.57. The Morgan fingerprint density at radius 2 is 1.35 bits per heavy atom. The molecule has 2 saturated heterocycles. The zero-order valence-electron chi connectivity index (χ0n) is 11.6. The van der Waals surface area contributed by atoms with E-state index < -0.39 is 25.5 Å². The molecular weight excluding hydrogens is 302 g/mol. The third-order valence-electron chi connectivity index (χ3n) is 4.02. The van der Waals surface area contributed by atoms with Crippen LogP contribution in [-0.2, 0) is 20.2 Å². The van der Waals surface area contributed by atoms with Gasteiger partial charge in [0.2, 0.25) is 10.0 Å². The number of nitrogens with two attached hydrogens (primary N) is 1. The summed E-state index contributed by atoms with van der Waals surface area (Å²) in [5.74, 6) is 0. The molecule has 118 valence electrons. The van der Waals surface area contributed by atoms with E-state index in [-0.39, 0.29) is 6.54 Å². The first-order valence-electron chi connectivity index (χ1n) is 7.08. The van der Waals surface area contributed by atoms with Crippen LogP contribution in [0.1, 0.15) is 38.5 Å². The maximum absolute atomic E-state index is 12.6. The number of hydrogen-bond acceptors (Lipinski definition) is 4. The van der Waals surface area contributed by atoms with Crippen LogP contribution < -0.4 is 5.14 Å². The van der Waals surface area contributed by atoms with E-state index >= 15 is 0 Å². The molecule has 0 aromatic carbocycles. The zero-order chi connectivity index (χ0) is 14.8. The van der Waals surface area contributed by atoms with Crippen molar-refractivity contribution in [3.8, 4) is 0 Å². The largest absolute Gasteiger partial charge is 0.282 e. The summed E-state index contributed by atoms with van der Waals surface area (Å²) in [6.45, 7) is 1.42. The van der Waals surface area contributed by atoms with Gasteiger partial charge in [0.05, 0.1) is 5.25 Å². The van der Waals surface area contributed by atoms with Crippen molar-refractivity contribution < 1.29 is 16.8 Å². The molecule has 2 aliphatic heterocycles. The van der Waals surface area contributed by atoms with Crippen LogP contribution >= 0.6 is 0 Å². The van der Waals surface area contributed by atoms with Crippen molar-refractivity contribution in [2.24, 2.45) is 5.14 Å². The Balaban J connectivity index is 2.12. The van der Waals surface area contributed by atoms with Gasteiger partial charge in [-0.15, -0.1) is 0 Å². The van der Waals surface area contributed by atoms with Crippen LogP contribution in [0, 0.1) is 0 Å². The van der Waals surface area contributed by atoms with E-state index in [0.717, 1.165) is 25.7 Å². The minimum absolute atomic E-state index is 0.0162. The molecule has 0 spiro atoms. The standard InChI is InChI=1S/C11H23N3O4S2/c12-19(15,16)11-6-5-9-14(10-11)20(17,18)13-7-3-1-2-4-8-13/h11H,1-10H2,(H2,12,15,16). The van der Waals surface area contributed by atoms with Crippen LogP contribution in [0.2, 0.25) is 0 Å². The predicted octanol–water partition coefficient (Wildman–Crippen LogP) is -0.140. The van der Waals surface area contributed by atoms with Gasteiger partial charge in [-0.3, -0.25) is 0 Å². The Bertz CT molecular complexity index is 524. The normalized spacial score (nSPS) is 28.1. The molecule has 2 rings (SSSR count). The second-order valence-electron chi connectivity index (χ2n) is 5.53. The van der Waals surface area contributed by atoms with E-state index in [9.17, 15) is 16.8 Å². The molecule has 9 heteroatoms. The van der Waals surface area contributed by atoms with Gasteiger partial charge in [-0.05, 0) is 25.7 Å². The third kappa shape index (κ3) is 3.70. The van der Waals surface area contributed by atoms with Gasteiger partial charge in [0.1, 0.15) is 0 Å². The van der Waals surface area contributed by atoms with E-state index in [1.807, 2.05) is 0 Å². The first-order chi connectivity index (χ1) is 9.32. The highest BCUT2D eigenvalue weighted by molar-refractivity contribution is 7.90. The van der Waals surface area contributed by atoms with E-state index in [0.29, 0.717) is 32.5 Å². The Kier molecular flexibility index (Phi) is 5.06. The van der Waals surface area contributed by atoms with Gasteiger partial charge < -0.3 is 0 Å². The van der Waals surface area contributed by atoms with E-state index in [1.54, 1.807) is 0 Å². The summed E-state index contributed by atoms with van der Waals surface area (Å²) >= 11 is 0.